The molecule has 460 valence electrons. The van der Waals surface area contributed by atoms with E-state index in [1.54, 1.807) is 0 Å². The van der Waals surface area contributed by atoms with Crippen LogP contribution >= 0.6 is 9.03 Å². The molecule has 0 unspecified atom stereocenters. The van der Waals surface area contributed by atoms with Crippen molar-refractivity contribution < 1.29 is 9.05 Å². The smallest absolute Gasteiger partial charge is 0.275 e. The van der Waals surface area contributed by atoms with Crippen molar-refractivity contribution in [1.82, 2.24) is 0 Å². The van der Waals surface area contributed by atoms with Crippen LogP contribution in [-0.2, 0) is 25.7 Å². The molecule has 3 heteroatoms. The molecule has 0 radical (unpaired) electrons. The van der Waals surface area contributed by atoms with Crippen LogP contribution in [0.4, 0.5) is 0 Å². The molecule has 0 aromatic heterocycles. The average molecular weight is 1120 g/mol. The van der Waals surface area contributed by atoms with Gasteiger partial charge in [-0.3, -0.25) is 0 Å². The highest BCUT2D eigenvalue weighted by atomic mass is 31.1. The zero-order valence-corrected chi connectivity index (χ0v) is 55.2. The number of unbranched alkanes of at least 4 members (excludes halogenated alkanes) is 52. The number of aryl methyl sites for hydroxylation is 2. The first kappa shape index (κ1) is 73.6. The Kier molecular flexibility index (Phi) is 55.5. The molecule has 0 amide bonds. The second kappa shape index (κ2) is 59.6. The molecule has 0 atom stereocenters. The van der Waals surface area contributed by atoms with Gasteiger partial charge >= 0.3 is 0 Å². The van der Waals surface area contributed by atoms with Gasteiger partial charge in [-0.2, -0.15) is 0 Å². The summed E-state index contributed by atoms with van der Waals surface area (Å²) >= 11 is 0. The van der Waals surface area contributed by atoms with Gasteiger partial charge in [0.15, 0.2) is 0 Å². The van der Waals surface area contributed by atoms with Crippen molar-refractivity contribution in [2.45, 2.75) is 413 Å². The van der Waals surface area contributed by atoms with Crippen molar-refractivity contribution in [3.8, 4) is 11.5 Å². The lowest BCUT2D eigenvalue weighted by Gasteiger charge is -2.18. The van der Waals surface area contributed by atoms with Gasteiger partial charge in [0.25, 0.3) is 9.03 Å². The van der Waals surface area contributed by atoms with E-state index in [0.717, 1.165) is 24.3 Å². The lowest BCUT2D eigenvalue weighted by Crippen LogP contribution is -2.01. The van der Waals surface area contributed by atoms with Gasteiger partial charge in [0.2, 0.25) is 0 Å². The molecule has 0 aliphatic rings. The standard InChI is InChI=1S/C76H139O2P/c1-5-9-13-17-21-25-29-33-37-41-45-49-53-57-63-71-65-61-69-75(73(71)67-59-55-51-47-43-39-35-31-27-23-19-15-11-7-3)77-79-78-76-70-62-66-72(64-58-54-50-46-42-38-34-30-26-22-18-14-10-6-2)74(76)68-60-56-52-48-44-40-36-32-28-24-20-16-12-8-4/h61-62,65-66,69-70,79H,5-60,63-64,67-68H2,1-4H3. The molecule has 0 aliphatic heterocycles. The first-order chi connectivity index (χ1) is 39.2. The summed E-state index contributed by atoms with van der Waals surface area (Å²) in [7, 11) is -0.0176. The topological polar surface area (TPSA) is 18.5 Å². The van der Waals surface area contributed by atoms with E-state index < -0.39 is 0 Å². The van der Waals surface area contributed by atoms with E-state index in [1.165, 1.54) is 395 Å². The normalized spacial score (nSPS) is 11.6. The van der Waals surface area contributed by atoms with Crippen LogP contribution < -0.4 is 9.05 Å². The second-order valence-corrected chi connectivity index (χ2v) is 26.0. The summed E-state index contributed by atoms with van der Waals surface area (Å²) < 4.78 is 13.6. The first-order valence-corrected chi connectivity index (χ1v) is 37.4. The third-order valence-corrected chi connectivity index (χ3v) is 18.5. The Hall–Kier alpha value is -1.53. The van der Waals surface area contributed by atoms with Crippen molar-refractivity contribution in [1.29, 1.82) is 0 Å². The maximum Gasteiger partial charge on any atom is 0.275 e. The quantitative estimate of drug-likeness (QED) is 0.0485. The van der Waals surface area contributed by atoms with E-state index in [1.807, 2.05) is 0 Å². The Morgan fingerprint density at radius 2 is 0.392 bits per heavy atom. The van der Waals surface area contributed by atoms with Crippen molar-refractivity contribution in [3.05, 3.63) is 58.7 Å². The van der Waals surface area contributed by atoms with Crippen LogP contribution in [0, 0.1) is 0 Å². The molecule has 0 aliphatic carbocycles. The summed E-state index contributed by atoms with van der Waals surface area (Å²) in [6, 6.07) is 13.9. The first-order valence-electron chi connectivity index (χ1n) is 36.5. The molecular weight excluding hydrogens is 976 g/mol. The summed E-state index contributed by atoms with van der Waals surface area (Å²) in [5.41, 5.74) is 6.01. The molecule has 0 saturated heterocycles. The summed E-state index contributed by atoms with van der Waals surface area (Å²) in [5.74, 6) is 2.17. The highest BCUT2D eigenvalue weighted by Gasteiger charge is 2.14. The maximum atomic E-state index is 6.79. The minimum atomic E-state index is -0.0176. The van der Waals surface area contributed by atoms with Crippen LogP contribution in [0.25, 0.3) is 0 Å². The predicted octanol–water partition coefficient (Wildman–Crippen LogP) is 27.7. The van der Waals surface area contributed by atoms with Gasteiger partial charge in [-0.05, 0) is 85.8 Å². The lowest BCUT2D eigenvalue weighted by atomic mass is 9.95. The molecule has 0 fully saturated rings. The number of benzene rings is 2. The average Bonchev–Trinajstić information content (AvgIpc) is 3.46. The van der Waals surface area contributed by atoms with Crippen LogP contribution in [-0.4, -0.2) is 0 Å². The SMILES string of the molecule is CCCCCCCCCCCCCCCCc1cccc(OPOc2cccc(CCCCCCCCCCCCCCCC)c2CCCCCCCCCCCCCCCC)c1CCCCCCCCCCCCCCCC. The molecule has 79 heavy (non-hydrogen) atoms. The Labute approximate surface area is 498 Å². The molecule has 2 aromatic carbocycles. The highest BCUT2D eigenvalue weighted by Crippen LogP contribution is 2.35. The summed E-state index contributed by atoms with van der Waals surface area (Å²) in [5, 5.41) is 0. The molecule has 0 N–H and O–H groups in total. The second-order valence-electron chi connectivity index (χ2n) is 25.5. The predicted molar refractivity (Wildman–Crippen MR) is 359 cm³/mol. The third kappa shape index (κ3) is 45.6. The van der Waals surface area contributed by atoms with Crippen LogP contribution in [0.1, 0.15) is 410 Å². The molecule has 2 aromatic rings. The van der Waals surface area contributed by atoms with E-state index in [0.29, 0.717) is 0 Å². The van der Waals surface area contributed by atoms with Gasteiger partial charge in [-0.25, -0.2) is 0 Å². The largest absolute Gasteiger partial charge is 0.440 e. The van der Waals surface area contributed by atoms with Crippen molar-refractivity contribution in [3.63, 3.8) is 0 Å². The van der Waals surface area contributed by atoms with Gasteiger partial charge in [0.1, 0.15) is 11.5 Å². The van der Waals surface area contributed by atoms with E-state index in [2.05, 4.69) is 64.1 Å². The maximum absolute atomic E-state index is 6.79. The van der Waals surface area contributed by atoms with E-state index in [9.17, 15) is 0 Å². The number of hydrogen-bond acceptors (Lipinski definition) is 2. The van der Waals surface area contributed by atoms with Crippen LogP contribution in [0.5, 0.6) is 11.5 Å². The van der Waals surface area contributed by atoms with Gasteiger partial charge in [-0.15, -0.1) is 0 Å². The van der Waals surface area contributed by atoms with Crippen molar-refractivity contribution in [2.24, 2.45) is 0 Å². The minimum absolute atomic E-state index is 0.0176. The fourth-order valence-corrected chi connectivity index (χ4v) is 13.2. The van der Waals surface area contributed by atoms with E-state index in [4.69, 9.17) is 9.05 Å². The van der Waals surface area contributed by atoms with E-state index in [-0.39, 0.29) is 9.03 Å². The summed E-state index contributed by atoms with van der Waals surface area (Å²) in [6.45, 7) is 9.28. The van der Waals surface area contributed by atoms with Crippen molar-refractivity contribution in [2.75, 3.05) is 0 Å². The number of rotatable bonds is 64. The van der Waals surface area contributed by atoms with Crippen LogP contribution in [0.15, 0.2) is 36.4 Å². The summed E-state index contributed by atoms with van der Waals surface area (Å²) in [4.78, 5) is 0. The third-order valence-electron chi connectivity index (χ3n) is 17.9. The Morgan fingerprint density at radius 1 is 0.215 bits per heavy atom. The Morgan fingerprint density at radius 3 is 0.595 bits per heavy atom. The van der Waals surface area contributed by atoms with Gasteiger partial charge in [0, 0.05) is 0 Å². The molecule has 0 bridgehead atoms. The van der Waals surface area contributed by atoms with E-state index >= 15 is 0 Å². The fourth-order valence-electron chi connectivity index (χ4n) is 12.6. The highest BCUT2D eigenvalue weighted by molar-refractivity contribution is 7.27. The summed E-state index contributed by atoms with van der Waals surface area (Å²) in [6.07, 6.45) is 83.5. The van der Waals surface area contributed by atoms with Crippen LogP contribution in [0.2, 0.25) is 0 Å². The minimum Gasteiger partial charge on any atom is -0.440 e. The number of hydrogen-bond donors (Lipinski definition) is 0. The van der Waals surface area contributed by atoms with Gasteiger partial charge < -0.3 is 9.05 Å². The fraction of sp³-hybridized carbons (Fsp3) is 0.842. The zero-order valence-electron chi connectivity index (χ0n) is 54.2. The molecule has 0 heterocycles. The van der Waals surface area contributed by atoms with Crippen molar-refractivity contribution >= 4 is 9.03 Å². The lowest BCUT2D eigenvalue weighted by molar-refractivity contribution is 0.500. The Balaban J connectivity index is 1.97. The molecule has 2 nitrogen and oxygen atoms in total. The molecule has 0 saturated carbocycles. The van der Waals surface area contributed by atoms with Gasteiger partial charge in [-0.1, -0.05) is 386 Å². The molecular formula is C76H139O2P. The van der Waals surface area contributed by atoms with Crippen LogP contribution in [0.3, 0.4) is 0 Å². The molecule has 0 spiro atoms. The molecule has 2 rings (SSSR count). The van der Waals surface area contributed by atoms with Gasteiger partial charge in [0.05, 0.1) is 0 Å². The Bertz CT molecular complexity index is 1410. The monoisotopic (exact) mass is 1120 g/mol. The zero-order chi connectivity index (χ0) is 56.3.